The molecule has 0 aliphatic carbocycles. The minimum absolute atomic E-state index is 0.0281. The summed E-state index contributed by atoms with van der Waals surface area (Å²) in [5.74, 6) is 0.0281. The Morgan fingerprint density at radius 1 is 1.07 bits per heavy atom. The van der Waals surface area contributed by atoms with E-state index in [0.717, 1.165) is 13.1 Å². The van der Waals surface area contributed by atoms with E-state index in [1.165, 1.54) is 0 Å². The Balaban J connectivity index is 3.07. The number of rotatable bonds is 9. The summed E-state index contributed by atoms with van der Waals surface area (Å²) >= 11 is 0. The summed E-state index contributed by atoms with van der Waals surface area (Å²) in [4.78, 5) is 11.0. The zero-order valence-corrected chi connectivity index (χ0v) is 8.97. The second-order valence-corrected chi connectivity index (χ2v) is 2.84. The van der Waals surface area contributed by atoms with Crippen LogP contribution in [0.4, 0.5) is 0 Å². The van der Waals surface area contributed by atoms with E-state index < -0.39 is 0 Å². The van der Waals surface area contributed by atoms with Crippen LogP contribution in [0.2, 0.25) is 0 Å². The molecule has 0 atom stereocenters. The maximum absolute atomic E-state index is 11.0. The summed E-state index contributed by atoms with van der Waals surface area (Å²) in [6, 6.07) is 0. The second-order valence-electron chi connectivity index (χ2n) is 2.84. The molecule has 0 aromatic rings. The van der Waals surface area contributed by atoms with Gasteiger partial charge in [0.25, 0.3) is 0 Å². The van der Waals surface area contributed by atoms with Crippen molar-refractivity contribution in [2.24, 2.45) is 0 Å². The third-order valence-electron chi connectivity index (χ3n) is 1.64. The Morgan fingerprint density at radius 2 is 1.79 bits per heavy atom. The molecule has 0 aromatic heterocycles. The van der Waals surface area contributed by atoms with Crippen LogP contribution in [0, 0.1) is 0 Å². The number of methoxy groups -OCH3 is 2. The molecule has 1 amide bonds. The topological polar surface area (TPSA) is 59.6 Å². The van der Waals surface area contributed by atoms with Gasteiger partial charge in [-0.05, 0) is 0 Å². The second kappa shape index (κ2) is 10.4. The van der Waals surface area contributed by atoms with Gasteiger partial charge < -0.3 is 20.1 Å². The van der Waals surface area contributed by atoms with Gasteiger partial charge in [-0.2, -0.15) is 0 Å². The number of hydrogen-bond acceptors (Lipinski definition) is 4. The van der Waals surface area contributed by atoms with Crippen molar-refractivity contribution < 1.29 is 14.3 Å². The van der Waals surface area contributed by atoms with E-state index in [1.54, 1.807) is 14.2 Å². The first-order chi connectivity index (χ1) is 6.81. The molecule has 0 fully saturated rings. The molecular formula is C9H20N2O3. The Kier molecular flexibility index (Phi) is 9.95. The van der Waals surface area contributed by atoms with E-state index in [9.17, 15) is 4.79 Å². The highest BCUT2D eigenvalue weighted by molar-refractivity contribution is 5.75. The van der Waals surface area contributed by atoms with Gasteiger partial charge in [0, 0.05) is 40.3 Å². The van der Waals surface area contributed by atoms with Crippen molar-refractivity contribution in [1.29, 1.82) is 0 Å². The number of hydrogen-bond donors (Lipinski definition) is 2. The fourth-order valence-electron chi connectivity index (χ4n) is 0.873. The molecule has 5 heteroatoms. The Hall–Kier alpha value is -0.650. The number of ether oxygens (including phenoxy) is 2. The Labute approximate surface area is 85.1 Å². The SMILES string of the molecule is COCCNCCNC(=O)CCOC. The molecule has 0 bridgehead atoms. The predicted molar refractivity (Wildman–Crippen MR) is 54.2 cm³/mol. The largest absolute Gasteiger partial charge is 0.384 e. The molecule has 0 aliphatic heterocycles. The van der Waals surface area contributed by atoms with Gasteiger partial charge in [-0.3, -0.25) is 4.79 Å². The molecule has 14 heavy (non-hydrogen) atoms. The molecule has 0 aromatic carbocycles. The summed E-state index contributed by atoms with van der Waals surface area (Å²) in [7, 11) is 3.24. The van der Waals surface area contributed by atoms with Gasteiger partial charge in [-0.1, -0.05) is 0 Å². The molecule has 0 rings (SSSR count). The molecular weight excluding hydrogens is 184 g/mol. The van der Waals surface area contributed by atoms with Gasteiger partial charge in [0.2, 0.25) is 5.91 Å². The molecule has 0 radical (unpaired) electrons. The lowest BCUT2D eigenvalue weighted by Crippen LogP contribution is -2.33. The van der Waals surface area contributed by atoms with Crippen molar-refractivity contribution in [1.82, 2.24) is 10.6 Å². The van der Waals surface area contributed by atoms with Gasteiger partial charge in [0.05, 0.1) is 13.2 Å². The Morgan fingerprint density at radius 3 is 2.43 bits per heavy atom. The highest BCUT2D eigenvalue weighted by Crippen LogP contribution is 1.79. The third kappa shape index (κ3) is 9.44. The molecule has 0 aliphatic rings. The number of nitrogens with one attached hydrogen (secondary N) is 2. The first-order valence-corrected chi connectivity index (χ1v) is 4.76. The van der Waals surface area contributed by atoms with Crippen LogP contribution in [-0.2, 0) is 14.3 Å². The summed E-state index contributed by atoms with van der Waals surface area (Å²) in [6.45, 7) is 3.39. The summed E-state index contributed by atoms with van der Waals surface area (Å²) in [6.07, 6.45) is 0.425. The minimum atomic E-state index is 0.0281. The minimum Gasteiger partial charge on any atom is -0.384 e. The van der Waals surface area contributed by atoms with Crippen molar-refractivity contribution in [3.8, 4) is 0 Å². The fourth-order valence-corrected chi connectivity index (χ4v) is 0.873. The van der Waals surface area contributed by atoms with Crippen molar-refractivity contribution in [3.63, 3.8) is 0 Å². The lowest BCUT2D eigenvalue weighted by atomic mass is 10.4. The average Bonchev–Trinajstić information content (AvgIpc) is 2.20. The lowest BCUT2D eigenvalue weighted by molar-refractivity contribution is -0.121. The van der Waals surface area contributed by atoms with E-state index >= 15 is 0 Å². The monoisotopic (exact) mass is 204 g/mol. The van der Waals surface area contributed by atoms with Crippen LogP contribution in [-0.4, -0.2) is 53.0 Å². The quantitative estimate of drug-likeness (QED) is 0.491. The number of carbonyl (C=O) groups is 1. The molecule has 84 valence electrons. The van der Waals surface area contributed by atoms with E-state index in [2.05, 4.69) is 10.6 Å². The molecule has 5 nitrogen and oxygen atoms in total. The number of amides is 1. The van der Waals surface area contributed by atoms with Crippen molar-refractivity contribution in [2.45, 2.75) is 6.42 Å². The predicted octanol–water partition coefficient (Wildman–Crippen LogP) is -0.625. The van der Waals surface area contributed by atoms with Gasteiger partial charge in [0.15, 0.2) is 0 Å². The van der Waals surface area contributed by atoms with E-state index in [1.807, 2.05) is 0 Å². The summed E-state index contributed by atoms with van der Waals surface area (Å²) < 4.78 is 9.64. The number of carbonyl (C=O) groups excluding carboxylic acids is 1. The Bertz CT molecular complexity index is 142. The van der Waals surface area contributed by atoms with Crippen LogP contribution in [0.3, 0.4) is 0 Å². The van der Waals surface area contributed by atoms with E-state index in [-0.39, 0.29) is 5.91 Å². The highest BCUT2D eigenvalue weighted by Gasteiger charge is 1.98. The lowest BCUT2D eigenvalue weighted by Gasteiger charge is -2.05. The highest BCUT2D eigenvalue weighted by atomic mass is 16.5. The van der Waals surface area contributed by atoms with Crippen molar-refractivity contribution >= 4 is 5.91 Å². The van der Waals surface area contributed by atoms with Crippen LogP contribution in [0.5, 0.6) is 0 Å². The van der Waals surface area contributed by atoms with Gasteiger partial charge in [-0.15, -0.1) is 0 Å². The van der Waals surface area contributed by atoms with Crippen LogP contribution in [0.1, 0.15) is 6.42 Å². The van der Waals surface area contributed by atoms with Crippen LogP contribution < -0.4 is 10.6 Å². The van der Waals surface area contributed by atoms with E-state index in [4.69, 9.17) is 9.47 Å². The molecule has 0 heterocycles. The van der Waals surface area contributed by atoms with Gasteiger partial charge in [-0.25, -0.2) is 0 Å². The first-order valence-electron chi connectivity index (χ1n) is 4.76. The van der Waals surface area contributed by atoms with Crippen LogP contribution >= 0.6 is 0 Å². The van der Waals surface area contributed by atoms with Crippen molar-refractivity contribution in [2.75, 3.05) is 47.1 Å². The zero-order valence-electron chi connectivity index (χ0n) is 8.97. The molecule has 2 N–H and O–H groups in total. The molecule has 0 saturated carbocycles. The van der Waals surface area contributed by atoms with E-state index in [0.29, 0.717) is 26.2 Å². The molecule has 0 spiro atoms. The summed E-state index contributed by atoms with van der Waals surface area (Å²) in [5, 5.41) is 5.90. The molecule has 0 unspecified atom stereocenters. The first kappa shape index (κ1) is 13.4. The summed E-state index contributed by atoms with van der Waals surface area (Å²) in [5.41, 5.74) is 0. The van der Waals surface area contributed by atoms with Gasteiger partial charge in [0.1, 0.15) is 0 Å². The fraction of sp³-hybridized carbons (Fsp3) is 0.889. The third-order valence-corrected chi connectivity index (χ3v) is 1.64. The normalized spacial score (nSPS) is 10.1. The maximum atomic E-state index is 11.0. The zero-order chi connectivity index (χ0) is 10.6. The smallest absolute Gasteiger partial charge is 0.222 e. The van der Waals surface area contributed by atoms with Crippen LogP contribution in [0.25, 0.3) is 0 Å². The van der Waals surface area contributed by atoms with Crippen LogP contribution in [0.15, 0.2) is 0 Å². The average molecular weight is 204 g/mol. The standard InChI is InChI=1S/C9H20N2O3/c1-13-7-3-9(12)11-5-4-10-6-8-14-2/h10H,3-8H2,1-2H3,(H,11,12). The van der Waals surface area contributed by atoms with Crippen molar-refractivity contribution in [3.05, 3.63) is 0 Å². The van der Waals surface area contributed by atoms with Gasteiger partial charge >= 0.3 is 0 Å². The maximum Gasteiger partial charge on any atom is 0.222 e. The molecule has 0 saturated heterocycles.